The van der Waals surface area contributed by atoms with E-state index >= 15 is 0 Å². The molecule has 27 heavy (non-hydrogen) atoms. The zero-order chi connectivity index (χ0) is 18.7. The van der Waals surface area contributed by atoms with Gasteiger partial charge in [0.1, 0.15) is 4.53 Å². The van der Waals surface area contributed by atoms with Crippen molar-refractivity contribution in [3.8, 4) is 11.4 Å². The maximum atomic E-state index is 12.9. The number of rotatable bonds is 1. The molecule has 6 nitrogen and oxygen atoms in total. The molecule has 1 aliphatic heterocycles. The summed E-state index contributed by atoms with van der Waals surface area (Å²) in [7, 11) is 1.70. The van der Waals surface area contributed by atoms with E-state index in [0.717, 1.165) is 16.8 Å². The number of para-hydroxylation sites is 1. The van der Waals surface area contributed by atoms with E-state index in [0.29, 0.717) is 25.9 Å². The average Bonchev–Trinajstić information content (AvgIpc) is 3.29. The Labute approximate surface area is 161 Å². The molecule has 8 heteroatoms. The third kappa shape index (κ3) is 2.32. The number of aromatic nitrogens is 3. The number of amides is 1. The summed E-state index contributed by atoms with van der Waals surface area (Å²) in [5.74, 6) is 0.248. The molecule has 2 aromatic heterocycles. The van der Waals surface area contributed by atoms with Gasteiger partial charge in [0, 0.05) is 23.2 Å². The van der Waals surface area contributed by atoms with Gasteiger partial charge in [-0.1, -0.05) is 41.1 Å². The SMILES string of the molecule is CN1C(=O)C(=c2sc3nc(-c4ccc(Cl)cc4)nn3c2=O)c2ccccc21. The molecular formula is C19H11ClN4O2S. The van der Waals surface area contributed by atoms with Crippen molar-refractivity contribution in [2.75, 3.05) is 11.9 Å². The average molecular weight is 395 g/mol. The Bertz CT molecular complexity index is 1340. The van der Waals surface area contributed by atoms with Gasteiger partial charge in [-0.15, -0.1) is 5.10 Å². The molecule has 0 radical (unpaired) electrons. The Morgan fingerprint density at radius 1 is 1.04 bits per heavy atom. The number of fused-ring (bicyclic) bond motifs is 2. The fraction of sp³-hybridized carbons (Fsp3) is 0.0526. The minimum absolute atomic E-state index is 0.198. The normalized spacial score (nSPS) is 15.6. The van der Waals surface area contributed by atoms with E-state index in [9.17, 15) is 9.59 Å². The summed E-state index contributed by atoms with van der Waals surface area (Å²) in [6, 6.07) is 14.5. The highest BCUT2D eigenvalue weighted by Crippen LogP contribution is 2.33. The van der Waals surface area contributed by atoms with Crippen LogP contribution in [0, 0.1) is 0 Å². The fourth-order valence-corrected chi connectivity index (χ4v) is 4.32. The van der Waals surface area contributed by atoms with Crippen LogP contribution in [-0.4, -0.2) is 27.6 Å². The van der Waals surface area contributed by atoms with Crippen molar-refractivity contribution in [1.82, 2.24) is 14.6 Å². The first-order chi connectivity index (χ1) is 13.0. The van der Waals surface area contributed by atoms with Crippen molar-refractivity contribution in [1.29, 1.82) is 0 Å². The molecule has 4 aromatic rings. The van der Waals surface area contributed by atoms with Crippen molar-refractivity contribution in [3.63, 3.8) is 0 Å². The maximum Gasteiger partial charge on any atom is 0.291 e. The first-order valence-electron chi connectivity index (χ1n) is 8.12. The predicted molar refractivity (Wildman–Crippen MR) is 105 cm³/mol. The number of halogens is 1. The van der Waals surface area contributed by atoms with E-state index in [2.05, 4.69) is 10.1 Å². The molecule has 0 atom stereocenters. The lowest BCUT2D eigenvalue weighted by molar-refractivity contribution is -0.112. The zero-order valence-electron chi connectivity index (χ0n) is 14.0. The Hall–Kier alpha value is -3.03. The topological polar surface area (TPSA) is 67.6 Å². The van der Waals surface area contributed by atoms with Gasteiger partial charge in [-0.25, -0.2) is 0 Å². The van der Waals surface area contributed by atoms with E-state index < -0.39 is 0 Å². The Kier molecular flexibility index (Phi) is 3.43. The van der Waals surface area contributed by atoms with Crippen LogP contribution in [-0.2, 0) is 4.79 Å². The molecule has 132 valence electrons. The lowest BCUT2D eigenvalue weighted by Gasteiger charge is -2.07. The number of carbonyl (C=O) groups is 1. The van der Waals surface area contributed by atoms with Crippen LogP contribution in [0.1, 0.15) is 5.56 Å². The second-order valence-electron chi connectivity index (χ2n) is 6.13. The number of likely N-dealkylation sites (N-methyl/N-ethyl adjacent to an activating group) is 1. The van der Waals surface area contributed by atoms with Crippen molar-refractivity contribution < 1.29 is 4.79 Å². The van der Waals surface area contributed by atoms with Crippen LogP contribution < -0.4 is 15.0 Å². The summed E-state index contributed by atoms with van der Waals surface area (Å²) in [5.41, 5.74) is 2.38. The maximum absolute atomic E-state index is 12.9. The van der Waals surface area contributed by atoms with Crippen molar-refractivity contribution in [2.45, 2.75) is 0 Å². The van der Waals surface area contributed by atoms with Gasteiger partial charge in [-0.2, -0.15) is 9.50 Å². The first kappa shape index (κ1) is 16.2. The number of nitrogens with zero attached hydrogens (tertiary/aromatic N) is 4. The molecule has 0 bridgehead atoms. The Morgan fingerprint density at radius 3 is 2.52 bits per heavy atom. The smallest absolute Gasteiger partial charge is 0.291 e. The Balaban J connectivity index is 1.75. The van der Waals surface area contributed by atoms with Gasteiger partial charge in [-0.05, 0) is 30.3 Å². The monoisotopic (exact) mass is 394 g/mol. The molecule has 5 rings (SSSR count). The molecule has 0 saturated carbocycles. The van der Waals surface area contributed by atoms with Gasteiger partial charge in [0.25, 0.3) is 11.5 Å². The zero-order valence-corrected chi connectivity index (χ0v) is 15.6. The van der Waals surface area contributed by atoms with Crippen LogP contribution in [0.4, 0.5) is 5.69 Å². The van der Waals surface area contributed by atoms with Crippen LogP contribution in [0.5, 0.6) is 0 Å². The second-order valence-corrected chi connectivity index (χ2v) is 7.54. The quantitative estimate of drug-likeness (QED) is 0.497. The minimum atomic E-state index is -0.337. The Morgan fingerprint density at radius 2 is 1.78 bits per heavy atom. The van der Waals surface area contributed by atoms with Crippen LogP contribution >= 0.6 is 22.9 Å². The lowest BCUT2D eigenvalue weighted by atomic mass is 10.1. The molecule has 0 spiro atoms. The summed E-state index contributed by atoms with van der Waals surface area (Å²) >= 11 is 7.08. The second kappa shape index (κ2) is 5.73. The van der Waals surface area contributed by atoms with Gasteiger partial charge in [0.05, 0.1) is 11.3 Å². The van der Waals surface area contributed by atoms with Gasteiger partial charge in [0.2, 0.25) is 4.96 Å². The fourth-order valence-electron chi connectivity index (χ4n) is 3.20. The van der Waals surface area contributed by atoms with Crippen LogP contribution in [0.15, 0.2) is 53.3 Å². The number of carbonyl (C=O) groups excluding carboxylic acids is 1. The molecule has 0 fully saturated rings. The van der Waals surface area contributed by atoms with E-state index in [1.165, 1.54) is 15.9 Å². The van der Waals surface area contributed by atoms with Gasteiger partial charge < -0.3 is 4.90 Å². The molecule has 0 aliphatic carbocycles. The van der Waals surface area contributed by atoms with Crippen molar-refractivity contribution in [2.24, 2.45) is 0 Å². The molecule has 0 N–H and O–H groups in total. The number of benzene rings is 2. The molecule has 1 aliphatic rings. The molecule has 3 heterocycles. The van der Waals surface area contributed by atoms with E-state index in [4.69, 9.17) is 11.6 Å². The third-order valence-electron chi connectivity index (χ3n) is 4.54. The van der Waals surface area contributed by atoms with E-state index in [1.807, 2.05) is 24.3 Å². The summed E-state index contributed by atoms with van der Waals surface area (Å²) in [6.07, 6.45) is 0. The lowest BCUT2D eigenvalue weighted by Crippen LogP contribution is -2.30. The van der Waals surface area contributed by atoms with E-state index in [-0.39, 0.29) is 11.5 Å². The number of anilines is 1. The van der Waals surface area contributed by atoms with Gasteiger partial charge in [-0.3, -0.25) is 9.59 Å². The largest absolute Gasteiger partial charge is 0.311 e. The number of hydrogen-bond acceptors (Lipinski definition) is 5. The van der Waals surface area contributed by atoms with Gasteiger partial charge in [0.15, 0.2) is 5.82 Å². The molecule has 2 aromatic carbocycles. The van der Waals surface area contributed by atoms with E-state index in [1.54, 1.807) is 36.2 Å². The van der Waals surface area contributed by atoms with Crippen LogP contribution in [0.2, 0.25) is 5.02 Å². The summed E-state index contributed by atoms with van der Waals surface area (Å²) < 4.78 is 1.61. The first-order valence-corrected chi connectivity index (χ1v) is 9.31. The van der Waals surface area contributed by atoms with Gasteiger partial charge >= 0.3 is 0 Å². The highest BCUT2D eigenvalue weighted by atomic mass is 35.5. The molecule has 0 saturated heterocycles. The summed E-state index contributed by atoms with van der Waals surface area (Å²) in [5, 5.41) is 4.94. The molecular weight excluding hydrogens is 384 g/mol. The summed E-state index contributed by atoms with van der Waals surface area (Å²) in [4.78, 5) is 32.1. The number of hydrogen-bond donors (Lipinski definition) is 0. The van der Waals surface area contributed by atoms with Crippen molar-refractivity contribution in [3.05, 3.63) is 74.0 Å². The number of thiazole rings is 1. The minimum Gasteiger partial charge on any atom is -0.311 e. The van der Waals surface area contributed by atoms with Crippen LogP contribution in [0.3, 0.4) is 0 Å². The highest BCUT2D eigenvalue weighted by molar-refractivity contribution is 7.15. The predicted octanol–water partition coefficient (Wildman–Crippen LogP) is 2.37. The standard InChI is InChI=1S/C19H11ClN4O2S/c1-23-13-5-3-2-4-12(13)14(17(23)25)15-18(26)24-19(27-15)21-16(22-24)10-6-8-11(20)9-7-10/h2-9H,1H3. The summed E-state index contributed by atoms with van der Waals surface area (Å²) in [6.45, 7) is 0. The van der Waals surface area contributed by atoms with Crippen molar-refractivity contribution >= 4 is 45.1 Å². The third-order valence-corrected chi connectivity index (χ3v) is 5.82. The van der Waals surface area contributed by atoms with Crippen LogP contribution in [0.25, 0.3) is 21.9 Å². The molecule has 1 amide bonds. The molecule has 0 unspecified atom stereocenters. The highest BCUT2D eigenvalue weighted by Gasteiger charge is 2.31.